The molecule has 1 N–H and O–H groups in total. The first-order valence-electron chi connectivity index (χ1n) is 11.4. The zero-order valence-corrected chi connectivity index (χ0v) is 22.8. The molecule has 0 bridgehead atoms. The maximum Gasteiger partial charge on any atom is 0.244 e. The summed E-state index contributed by atoms with van der Waals surface area (Å²) in [5.74, 6) is -0.646. The molecule has 1 aliphatic carbocycles. The fourth-order valence-electron chi connectivity index (χ4n) is 4.20. The number of nitrogens with one attached hydrogen (secondary N) is 1. The van der Waals surface area contributed by atoms with Gasteiger partial charge in [-0.1, -0.05) is 42.7 Å². The number of benzene rings is 2. The molecular weight excluding hydrogens is 565 g/mol. The summed E-state index contributed by atoms with van der Waals surface area (Å²) in [6.45, 7) is 3.50. The Kier molecular flexibility index (Phi) is 8.97. The molecule has 0 unspecified atom stereocenters. The average Bonchev–Trinajstić information content (AvgIpc) is 3.28. The number of rotatable bonds is 9. The molecule has 7 nitrogen and oxygen atoms in total. The van der Waals surface area contributed by atoms with E-state index in [1.54, 1.807) is 31.2 Å². The molecule has 3 rings (SSSR count). The van der Waals surface area contributed by atoms with Crippen LogP contribution in [0.1, 0.15) is 43.7 Å². The van der Waals surface area contributed by atoms with E-state index in [2.05, 4.69) is 27.9 Å². The van der Waals surface area contributed by atoms with Gasteiger partial charge in [0.15, 0.2) is 0 Å². The van der Waals surface area contributed by atoms with Gasteiger partial charge in [-0.05, 0) is 79.1 Å². The van der Waals surface area contributed by atoms with Crippen molar-refractivity contribution in [2.45, 2.75) is 58.2 Å². The van der Waals surface area contributed by atoms with Gasteiger partial charge in [-0.3, -0.25) is 13.9 Å². The number of aryl methyl sites for hydroxylation is 1. The number of sulfonamides is 1. The molecule has 1 atom stereocenters. The minimum Gasteiger partial charge on any atom is -0.352 e. The van der Waals surface area contributed by atoms with Gasteiger partial charge >= 0.3 is 0 Å². The smallest absolute Gasteiger partial charge is 0.244 e. The number of carbonyl (C=O) groups excluding carboxylic acids is 2. The van der Waals surface area contributed by atoms with Crippen molar-refractivity contribution in [3.8, 4) is 0 Å². The molecule has 0 aromatic heterocycles. The summed E-state index contributed by atoms with van der Waals surface area (Å²) in [6, 6.07) is 14.1. The Balaban J connectivity index is 1.87. The molecule has 0 heterocycles. The molecule has 1 fully saturated rings. The minimum atomic E-state index is -3.72. The predicted octanol–water partition coefficient (Wildman–Crippen LogP) is 3.84. The van der Waals surface area contributed by atoms with Crippen molar-refractivity contribution in [2.75, 3.05) is 17.1 Å². The van der Waals surface area contributed by atoms with Crippen LogP contribution in [0.4, 0.5) is 5.69 Å². The molecule has 0 spiro atoms. The highest BCUT2D eigenvalue weighted by Gasteiger charge is 2.31. The third-order valence-electron chi connectivity index (χ3n) is 6.10. The van der Waals surface area contributed by atoms with Crippen LogP contribution in [0.25, 0.3) is 0 Å². The van der Waals surface area contributed by atoms with Crippen molar-refractivity contribution in [1.82, 2.24) is 10.2 Å². The van der Waals surface area contributed by atoms with E-state index < -0.39 is 22.0 Å². The maximum absolute atomic E-state index is 13.6. The van der Waals surface area contributed by atoms with Crippen LogP contribution in [-0.4, -0.2) is 50.0 Å². The molecule has 2 aromatic rings. The monoisotopic (exact) mass is 597 g/mol. The molecule has 34 heavy (non-hydrogen) atoms. The Bertz CT molecular complexity index is 1120. The summed E-state index contributed by atoms with van der Waals surface area (Å²) in [5, 5.41) is 3.07. The van der Waals surface area contributed by atoms with Crippen molar-refractivity contribution >= 4 is 50.1 Å². The lowest BCUT2D eigenvalue weighted by Gasteiger charge is -2.32. The van der Waals surface area contributed by atoms with Crippen LogP contribution < -0.4 is 9.62 Å². The van der Waals surface area contributed by atoms with Crippen LogP contribution in [0.15, 0.2) is 48.5 Å². The second kappa shape index (κ2) is 11.5. The summed E-state index contributed by atoms with van der Waals surface area (Å²) in [4.78, 5) is 28.1. The first kappa shape index (κ1) is 26.5. The fraction of sp³-hybridized carbons (Fsp3) is 0.440. The Morgan fingerprint density at radius 3 is 2.35 bits per heavy atom. The Hall–Kier alpha value is -2.14. The van der Waals surface area contributed by atoms with Crippen LogP contribution in [-0.2, 0) is 26.2 Å². The fourth-order valence-corrected chi connectivity index (χ4v) is 5.41. The van der Waals surface area contributed by atoms with Gasteiger partial charge in [0, 0.05) is 16.2 Å². The predicted molar refractivity (Wildman–Crippen MR) is 143 cm³/mol. The molecule has 9 heteroatoms. The topological polar surface area (TPSA) is 86.8 Å². The summed E-state index contributed by atoms with van der Waals surface area (Å²) in [5.41, 5.74) is 2.34. The molecule has 2 aromatic carbocycles. The molecule has 184 valence electrons. The average molecular weight is 598 g/mol. The Morgan fingerprint density at radius 2 is 1.76 bits per heavy atom. The largest absolute Gasteiger partial charge is 0.352 e. The maximum atomic E-state index is 13.6. The number of nitrogens with zero attached hydrogens (tertiary/aromatic N) is 2. The summed E-state index contributed by atoms with van der Waals surface area (Å²) >= 11 is 2.14. The van der Waals surface area contributed by atoms with Crippen molar-refractivity contribution in [3.05, 3.63) is 63.2 Å². The number of carbonyl (C=O) groups is 2. The third-order valence-corrected chi connectivity index (χ3v) is 7.96. The van der Waals surface area contributed by atoms with E-state index in [0.29, 0.717) is 5.69 Å². The van der Waals surface area contributed by atoms with Gasteiger partial charge in [0.05, 0.1) is 11.9 Å². The van der Waals surface area contributed by atoms with Gasteiger partial charge < -0.3 is 10.2 Å². The van der Waals surface area contributed by atoms with Crippen molar-refractivity contribution in [1.29, 1.82) is 0 Å². The van der Waals surface area contributed by atoms with E-state index in [0.717, 1.165) is 50.9 Å². The summed E-state index contributed by atoms with van der Waals surface area (Å²) < 4.78 is 27.2. The van der Waals surface area contributed by atoms with Gasteiger partial charge in [-0.25, -0.2) is 8.42 Å². The molecule has 0 aliphatic heterocycles. The lowest BCUT2D eigenvalue weighted by atomic mass is 10.1. The summed E-state index contributed by atoms with van der Waals surface area (Å²) in [6.07, 6.45) is 5.15. The number of halogens is 1. The molecule has 1 aliphatic rings. The van der Waals surface area contributed by atoms with Crippen LogP contribution in [0.3, 0.4) is 0 Å². The highest BCUT2D eigenvalue weighted by atomic mass is 127. The number of hydrogen-bond donors (Lipinski definition) is 1. The van der Waals surface area contributed by atoms with E-state index in [-0.39, 0.29) is 25.0 Å². The molecule has 2 amide bonds. The molecule has 1 saturated carbocycles. The number of amides is 2. The second-order valence-electron chi connectivity index (χ2n) is 8.92. The van der Waals surface area contributed by atoms with Crippen molar-refractivity contribution in [3.63, 3.8) is 0 Å². The van der Waals surface area contributed by atoms with Crippen molar-refractivity contribution in [2.24, 2.45) is 0 Å². The van der Waals surface area contributed by atoms with Crippen LogP contribution in [0, 0.1) is 10.5 Å². The van der Waals surface area contributed by atoms with Crippen LogP contribution in [0.2, 0.25) is 0 Å². The quantitative estimate of drug-likeness (QED) is 0.446. The second-order valence-corrected chi connectivity index (χ2v) is 12.1. The molecule has 0 saturated heterocycles. The van der Waals surface area contributed by atoms with Crippen LogP contribution in [0.5, 0.6) is 0 Å². The highest BCUT2D eigenvalue weighted by Crippen LogP contribution is 2.21. The zero-order chi connectivity index (χ0) is 24.9. The van der Waals surface area contributed by atoms with Gasteiger partial charge in [0.25, 0.3) is 0 Å². The number of hydrogen-bond acceptors (Lipinski definition) is 4. The SMILES string of the molecule is Cc1cccc(CN(C(=O)CN(c2ccc(I)cc2)S(C)(=O)=O)[C@H](C)C(=O)NC2CCCC2)c1. The van der Waals surface area contributed by atoms with E-state index in [1.807, 2.05) is 31.2 Å². The summed E-state index contributed by atoms with van der Waals surface area (Å²) in [7, 11) is -3.72. The lowest BCUT2D eigenvalue weighted by Crippen LogP contribution is -2.52. The van der Waals surface area contributed by atoms with Gasteiger partial charge in [0.2, 0.25) is 21.8 Å². The lowest BCUT2D eigenvalue weighted by molar-refractivity contribution is -0.139. The first-order chi connectivity index (χ1) is 16.0. The Labute approximate surface area is 216 Å². The third kappa shape index (κ3) is 7.18. The van der Waals surface area contributed by atoms with E-state index in [4.69, 9.17) is 0 Å². The minimum absolute atomic E-state index is 0.130. The molecule has 0 radical (unpaired) electrons. The van der Waals surface area contributed by atoms with Gasteiger partial charge in [0.1, 0.15) is 12.6 Å². The highest BCUT2D eigenvalue weighted by molar-refractivity contribution is 14.1. The Morgan fingerprint density at radius 1 is 1.12 bits per heavy atom. The normalized spacial score (nSPS) is 15.1. The van der Waals surface area contributed by atoms with Crippen LogP contribution >= 0.6 is 22.6 Å². The standard InChI is InChI=1S/C25H32IN3O4S/c1-18-7-6-8-20(15-18)16-28(19(2)25(31)27-22-9-4-5-10-22)24(30)17-29(34(3,32)33)23-13-11-21(26)12-14-23/h6-8,11-15,19,22H,4-5,9-10,16-17H2,1-3H3,(H,27,31)/t19-/m1/s1. The van der Waals surface area contributed by atoms with Gasteiger partial charge in [-0.15, -0.1) is 0 Å². The van der Waals surface area contributed by atoms with E-state index in [9.17, 15) is 18.0 Å². The molecular formula is C25H32IN3O4S. The van der Waals surface area contributed by atoms with E-state index in [1.165, 1.54) is 4.90 Å². The number of anilines is 1. The van der Waals surface area contributed by atoms with Gasteiger partial charge in [-0.2, -0.15) is 0 Å². The first-order valence-corrected chi connectivity index (χ1v) is 14.4. The van der Waals surface area contributed by atoms with E-state index >= 15 is 0 Å². The van der Waals surface area contributed by atoms with Crippen molar-refractivity contribution < 1.29 is 18.0 Å². The zero-order valence-electron chi connectivity index (χ0n) is 19.8.